The summed E-state index contributed by atoms with van der Waals surface area (Å²) in [6, 6.07) is 20.1. The molecule has 1 saturated heterocycles. The Balaban J connectivity index is 1.48. The van der Waals surface area contributed by atoms with Gasteiger partial charge in [0.1, 0.15) is 11.5 Å². The van der Waals surface area contributed by atoms with Gasteiger partial charge >= 0.3 is 0 Å². The van der Waals surface area contributed by atoms with E-state index in [0.717, 1.165) is 23.5 Å². The van der Waals surface area contributed by atoms with Gasteiger partial charge in [-0.25, -0.2) is 4.98 Å². The maximum atomic E-state index is 13.1. The number of amides is 1. The number of benzene rings is 2. The smallest absolute Gasteiger partial charge is 0.274 e. The van der Waals surface area contributed by atoms with E-state index in [1.54, 1.807) is 0 Å². The first-order valence-corrected chi connectivity index (χ1v) is 9.27. The Morgan fingerprint density at radius 3 is 2.59 bits per heavy atom. The number of aromatic nitrogens is 2. The quantitative estimate of drug-likeness (QED) is 0.774. The van der Waals surface area contributed by atoms with Gasteiger partial charge in [-0.05, 0) is 12.5 Å². The number of rotatable bonds is 4. The van der Waals surface area contributed by atoms with Crippen LogP contribution in [-0.2, 0) is 11.2 Å². The van der Waals surface area contributed by atoms with Crippen LogP contribution < -0.4 is 0 Å². The highest BCUT2D eigenvalue weighted by Gasteiger charge is 2.28. The lowest BCUT2D eigenvalue weighted by Gasteiger charge is -2.32. The number of H-pyrrole nitrogens is 1. The van der Waals surface area contributed by atoms with Gasteiger partial charge in [-0.1, -0.05) is 60.7 Å². The van der Waals surface area contributed by atoms with Gasteiger partial charge in [0, 0.05) is 30.8 Å². The SMILES string of the molecule is Cc1[nH]c(-c2ccccc2)nc1C(=O)N1CCO[C@@H](Cc2ccccc2)C1. The van der Waals surface area contributed by atoms with Crippen LogP contribution in [0.25, 0.3) is 11.4 Å². The Bertz CT molecular complexity index is 906. The Morgan fingerprint density at radius 1 is 1.15 bits per heavy atom. The van der Waals surface area contributed by atoms with Crippen LogP contribution in [0.5, 0.6) is 0 Å². The lowest BCUT2D eigenvalue weighted by molar-refractivity contribution is -0.0210. The summed E-state index contributed by atoms with van der Waals surface area (Å²) in [6.07, 6.45) is 0.817. The summed E-state index contributed by atoms with van der Waals surface area (Å²) in [7, 11) is 0. The molecule has 2 heterocycles. The molecule has 3 aromatic rings. The monoisotopic (exact) mass is 361 g/mol. The normalized spacial score (nSPS) is 17.1. The molecule has 27 heavy (non-hydrogen) atoms. The van der Waals surface area contributed by atoms with Gasteiger partial charge in [0.25, 0.3) is 5.91 Å². The lowest BCUT2D eigenvalue weighted by Crippen LogP contribution is -2.46. The Labute approximate surface area is 159 Å². The highest BCUT2D eigenvalue weighted by atomic mass is 16.5. The van der Waals surface area contributed by atoms with Crippen molar-refractivity contribution >= 4 is 5.91 Å². The molecule has 138 valence electrons. The number of imidazole rings is 1. The molecular weight excluding hydrogens is 338 g/mol. The fraction of sp³-hybridized carbons (Fsp3) is 0.273. The second kappa shape index (κ2) is 7.76. The van der Waals surface area contributed by atoms with E-state index >= 15 is 0 Å². The summed E-state index contributed by atoms with van der Waals surface area (Å²) in [5.74, 6) is 0.692. The summed E-state index contributed by atoms with van der Waals surface area (Å²) >= 11 is 0. The second-order valence-electron chi connectivity index (χ2n) is 6.86. The van der Waals surface area contributed by atoms with E-state index in [2.05, 4.69) is 22.1 Å². The summed E-state index contributed by atoms with van der Waals surface area (Å²) in [4.78, 5) is 22.7. The lowest BCUT2D eigenvalue weighted by atomic mass is 10.1. The van der Waals surface area contributed by atoms with Crippen molar-refractivity contribution < 1.29 is 9.53 Å². The van der Waals surface area contributed by atoms with E-state index in [1.807, 2.05) is 60.4 Å². The van der Waals surface area contributed by atoms with E-state index in [0.29, 0.717) is 25.4 Å². The molecule has 1 aliphatic heterocycles. The van der Waals surface area contributed by atoms with Gasteiger partial charge in [0.2, 0.25) is 0 Å². The average Bonchev–Trinajstić information content (AvgIpc) is 3.11. The van der Waals surface area contributed by atoms with Gasteiger partial charge < -0.3 is 14.6 Å². The van der Waals surface area contributed by atoms with Crippen molar-refractivity contribution in [3.8, 4) is 11.4 Å². The number of carbonyl (C=O) groups excluding carboxylic acids is 1. The third-order valence-electron chi connectivity index (χ3n) is 4.87. The first kappa shape index (κ1) is 17.5. The van der Waals surface area contributed by atoms with Crippen molar-refractivity contribution in [1.82, 2.24) is 14.9 Å². The maximum Gasteiger partial charge on any atom is 0.274 e. The molecule has 1 amide bonds. The molecule has 0 spiro atoms. The molecule has 0 radical (unpaired) electrons. The molecule has 1 aromatic heterocycles. The van der Waals surface area contributed by atoms with Gasteiger partial charge in [0.05, 0.1) is 12.7 Å². The first-order valence-electron chi connectivity index (χ1n) is 9.27. The number of aromatic amines is 1. The van der Waals surface area contributed by atoms with Crippen LogP contribution in [-0.4, -0.2) is 46.6 Å². The topological polar surface area (TPSA) is 58.2 Å². The zero-order chi connectivity index (χ0) is 18.6. The number of nitrogens with zero attached hydrogens (tertiary/aromatic N) is 2. The van der Waals surface area contributed by atoms with Crippen LogP contribution in [0.2, 0.25) is 0 Å². The molecule has 0 unspecified atom stereocenters. The van der Waals surface area contributed by atoms with Gasteiger partial charge in [-0.15, -0.1) is 0 Å². The molecule has 1 atom stereocenters. The van der Waals surface area contributed by atoms with Gasteiger partial charge in [-0.2, -0.15) is 0 Å². The van der Waals surface area contributed by atoms with E-state index in [-0.39, 0.29) is 12.0 Å². The molecule has 5 heteroatoms. The minimum atomic E-state index is -0.0349. The molecule has 1 N–H and O–H groups in total. The Morgan fingerprint density at radius 2 is 1.85 bits per heavy atom. The maximum absolute atomic E-state index is 13.1. The fourth-order valence-corrected chi connectivity index (χ4v) is 3.46. The summed E-state index contributed by atoms with van der Waals surface area (Å²) < 4.78 is 5.88. The number of ether oxygens (including phenoxy) is 1. The van der Waals surface area contributed by atoms with Crippen molar-refractivity contribution in [2.24, 2.45) is 0 Å². The number of nitrogens with one attached hydrogen (secondary N) is 1. The summed E-state index contributed by atoms with van der Waals surface area (Å²) in [6.45, 7) is 3.63. The molecule has 0 aliphatic carbocycles. The predicted molar refractivity (Wildman–Crippen MR) is 105 cm³/mol. The van der Waals surface area contributed by atoms with Crippen LogP contribution in [0.1, 0.15) is 21.7 Å². The third kappa shape index (κ3) is 3.93. The van der Waals surface area contributed by atoms with E-state index < -0.39 is 0 Å². The van der Waals surface area contributed by atoms with Crippen LogP contribution in [0.15, 0.2) is 60.7 Å². The summed E-state index contributed by atoms with van der Waals surface area (Å²) in [5.41, 5.74) is 3.49. The van der Waals surface area contributed by atoms with E-state index in [1.165, 1.54) is 5.56 Å². The van der Waals surface area contributed by atoms with Gasteiger partial charge in [-0.3, -0.25) is 4.79 Å². The minimum Gasteiger partial charge on any atom is -0.374 e. The van der Waals surface area contributed by atoms with Crippen LogP contribution in [0.4, 0.5) is 0 Å². The number of morpholine rings is 1. The number of carbonyl (C=O) groups is 1. The Kier molecular flexibility index (Phi) is 5.03. The van der Waals surface area contributed by atoms with Crippen molar-refractivity contribution in [1.29, 1.82) is 0 Å². The van der Waals surface area contributed by atoms with E-state index in [4.69, 9.17) is 4.74 Å². The zero-order valence-electron chi connectivity index (χ0n) is 15.4. The second-order valence-corrected chi connectivity index (χ2v) is 6.86. The van der Waals surface area contributed by atoms with Crippen LogP contribution in [0.3, 0.4) is 0 Å². The van der Waals surface area contributed by atoms with Crippen molar-refractivity contribution in [2.75, 3.05) is 19.7 Å². The summed E-state index contributed by atoms with van der Waals surface area (Å²) in [5, 5.41) is 0. The molecule has 4 rings (SSSR count). The van der Waals surface area contributed by atoms with Gasteiger partial charge in [0.15, 0.2) is 0 Å². The van der Waals surface area contributed by atoms with Crippen molar-refractivity contribution in [3.05, 3.63) is 77.6 Å². The molecule has 2 aromatic carbocycles. The minimum absolute atomic E-state index is 0.0120. The van der Waals surface area contributed by atoms with Crippen LogP contribution in [0, 0.1) is 6.92 Å². The fourth-order valence-electron chi connectivity index (χ4n) is 3.46. The molecule has 1 aliphatic rings. The van der Waals surface area contributed by atoms with Crippen LogP contribution >= 0.6 is 0 Å². The number of hydrogen-bond acceptors (Lipinski definition) is 3. The van der Waals surface area contributed by atoms with Crippen molar-refractivity contribution in [2.45, 2.75) is 19.4 Å². The molecular formula is C22H23N3O2. The highest BCUT2D eigenvalue weighted by Crippen LogP contribution is 2.20. The molecule has 1 fully saturated rings. The largest absolute Gasteiger partial charge is 0.374 e. The Hall–Kier alpha value is -2.92. The number of aryl methyl sites for hydroxylation is 1. The van der Waals surface area contributed by atoms with E-state index in [9.17, 15) is 4.79 Å². The molecule has 5 nitrogen and oxygen atoms in total. The highest BCUT2D eigenvalue weighted by molar-refractivity contribution is 5.94. The van der Waals surface area contributed by atoms with Crippen molar-refractivity contribution in [3.63, 3.8) is 0 Å². The average molecular weight is 361 g/mol. The standard InChI is InChI=1S/C22H23N3O2/c1-16-20(24-21(23-16)18-10-6-3-7-11-18)22(26)25-12-13-27-19(15-25)14-17-8-4-2-5-9-17/h2-11,19H,12-15H2,1H3,(H,23,24)/t19-/m0/s1. The molecule has 0 bridgehead atoms. The number of hydrogen-bond donors (Lipinski definition) is 1. The predicted octanol–water partition coefficient (Wildman–Crippen LogP) is 3.47. The first-order chi connectivity index (χ1) is 13.2. The molecule has 0 saturated carbocycles. The third-order valence-corrected chi connectivity index (χ3v) is 4.87. The zero-order valence-corrected chi connectivity index (χ0v) is 15.4.